The molecule has 0 aliphatic carbocycles. The van der Waals surface area contributed by atoms with Crippen LogP contribution in [0, 0.1) is 0 Å². The number of hydrogen-bond donors (Lipinski definition) is 0. The highest BCUT2D eigenvalue weighted by atomic mass is 19.1. The first-order valence-electron chi connectivity index (χ1n) is 3.96. The van der Waals surface area contributed by atoms with Crippen LogP contribution < -0.4 is 0 Å². The van der Waals surface area contributed by atoms with E-state index >= 15 is 0 Å². The molecule has 0 atom stereocenters. The standard InChI is InChI=1S/C9H13FN2/c1-12(7-4-10)8-9-2-5-11-6-3-9/h2-3,5-6H,4,7-8H2,1H3. The zero-order valence-corrected chi connectivity index (χ0v) is 7.20. The lowest BCUT2D eigenvalue weighted by molar-refractivity contribution is 0.288. The predicted octanol–water partition coefficient (Wildman–Crippen LogP) is 1.48. The van der Waals surface area contributed by atoms with E-state index in [1.54, 1.807) is 12.4 Å². The highest BCUT2D eigenvalue weighted by Gasteiger charge is 1.97. The summed E-state index contributed by atoms with van der Waals surface area (Å²) in [5, 5.41) is 0. The highest BCUT2D eigenvalue weighted by molar-refractivity contribution is 5.08. The molecule has 66 valence electrons. The van der Waals surface area contributed by atoms with Gasteiger partial charge in [-0.25, -0.2) is 4.39 Å². The smallest absolute Gasteiger partial charge is 0.102 e. The van der Waals surface area contributed by atoms with Gasteiger partial charge >= 0.3 is 0 Å². The molecule has 0 fully saturated rings. The average molecular weight is 168 g/mol. The first-order chi connectivity index (χ1) is 5.83. The van der Waals surface area contributed by atoms with Crippen molar-refractivity contribution in [2.75, 3.05) is 20.3 Å². The summed E-state index contributed by atoms with van der Waals surface area (Å²) in [6.45, 7) is 0.982. The molecule has 3 heteroatoms. The van der Waals surface area contributed by atoms with Crippen molar-refractivity contribution in [1.82, 2.24) is 9.88 Å². The Morgan fingerprint density at radius 2 is 2.08 bits per heavy atom. The van der Waals surface area contributed by atoms with Gasteiger partial charge in [-0.3, -0.25) is 9.88 Å². The zero-order valence-electron chi connectivity index (χ0n) is 7.20. The third kappa shape index (κ3) is 2.96. The van der Waals surface area contributed by atoms with Gasteiger partial charge in [-0.15, -0.1) is 0 Å². The molecule has 0 saturated heterocycles. The van der Waals surface area contributed by atoms with Crippen LogP contribution in [-0.2, 0) is 6.54 Å². The Hall–Kier alpha value is -0.960. The third-order valence-corrected chi connectivity index (χ3v) is 1.67. The van der Waals surface area contributed by atoms with E-state index in [0.29, 0.717) is 6.54 Å². The summed E-state index contributed by atoms with van der Waals surface area (Å²) in [5.74, 6) is 0. The summed E-state index contributed by atoms with van der Waals surface area (Å²) in [6.07, 6.45) is 3.50. The fraction of sp³-hybridized carbons (Fsp3) is 0.444. The molecule has 1 rings (SSSR count). The number of nitrogens with zero attached hydrogens (tertiary/aromatic N) is 2. The molecule has 1 aromatic rings. The van der Waals surface area contributed by atoms with Crippen molar-refractivity contribution < 1.29 is 4.39 Å². The largest absolute Gasteiger partial charge is 0.300 e. The summed E-state index contributed by atoms with van der Waals surface area (Å²) in [6, 6.07) is 3.88. The van der Waals surface area contributed by atoms with Gasteiger partial charge in [0.2, 0.25) is 0 Å². The van der Waals surface area contributed by atoms with Crippen molar-refractivity contribution in [1.29, 1.82) is 0 Å². The van der Waals surface area contributed by atoms with Crippen LogP contribution in [0.4, 0.5) is 4.39 Å². The SMILES string of the molecule is CN(CCF)Cc1ccncc1. The first kappa shape index (κ1) is 9.13. The number of halogens is 1. The van der Waals surface area contributed by atoms with Gasteiger partial charge in [-0.1, -0.05) is 0 Å². The number of hydrogen-bond acceptors (Lipinski definition) is 2. The maximum atomic E-state index is 11.9. The molecule has 0 aliphatic rings. The summed E-state index contributed by atoms with van der Waals surface area (Å²) in [7, 11) is 1.90. The molecule has 0 bridgehead atoms. The molecule has 12 heavy (non-hydrogen) atoms. The molecule has 0 radical (unpaired) electrons. The second-order valence-corrected chi connectivity index (χ2v) is 2.78. The van der Waals surface area contributed by atoms with E-state index < -0.39 is 0 Å². The molecule has 0 spiro atoms. The van der Waals surface area contributed by atoms with Crippen molar-refractivity contribution >= 4 is 0 Å². The molecule has 0 amide bonds. The summed E-state index contributed by atoms with van der Waals surface area (Å²) < 4.78 is 11.9. The van der Waals surface area contributed by atoms with Crippen molar-refractivity contribution in [3.63, 3.8) is 0 Å². The minimum absolute atomic E-state index is 0.290. The lowest BCUT2D eigenvalue weighted by atomic mass is 10.2. The van der Waals surface area contributed by atoms with Gasteiger partial charge in [0.05, 0.1) is 0 Å². The van der Waals surface area contributed by atoms with E-state index in [1.165, 1.54) is 5.56 Å². The van der Waals surface area contributed by atoms with E-state index in [1.807, 2.05) is 24.1 Å². The maximum absolute atomic E-state index is 11.9. The summed E-state index contributed by atoms with van der Waals surface area (Å²) in [4.78, 5) is 5.85. The molecule has 0 aliphatic heterocycles. The van der Waals surface area contributed by atoms with E-state index in [9.17, 15) is 4.39 Å². The number of pyridine rings is 1. The van der Waals surface area contributed by atoms with Crippen LogP contribution in [0.1, 0.15) is 5.56 Å². The average Bonchev–Trinajstić information content (AvgIpc) is 2.06. The minimum Gasteiger partial charge on any atom is -0.300 e. The van der Waals surface area contributed by atoms with Crippen LogP contribution in [0.5, 0.6) is 0 Å². The molecule has 1 heterocycles. The maximum Gasteiger partial charge on any atom is 0.102 e. The molecule has 0 aromatic carbocycles. The van der Waals surface area contributed by atoms with E-state index in [2.05, 4.69) is 4.98 Å². The molecular formula is C9H13FN2. The van der Waals surface area contributed by atoms with Crippen LogP contribution in [0.2, 0.25) is 0 Å². The van der Waals surface area contributed by atoms with Gasteiger partial charge < -0.3 is 0 Å². The Kier molecular flexibility index (Phi) is 3.67. The van der Waals surface area contributed by atoms with Gasteiger partial charge in [0.15, 0.2) is 0 Å². The van der Waals surface area contributed by atoms with Crippen LogP contribution in [0.25, 0.3) is 0 Å². The van der Waals surface area contributed by atoms with E-state index in [-0.39, 0.29) is 6.67 Å². The molecule has 0 N–H and O–H groups in total. The number of aromatic nitrogens is 1. The summed E-state index contributed by atoms with van der Waals surface area (Å²) in [5.41, 5.74) is 1.17. The lowest BCUT2D eigenvalue weighted by Gasteiger charge is -2.13. The van der Waals surface area contributed by atoms with Crippen LogP contribution in [0.15, 0.2) is 24.5 Å². The molecular weight excluding hydrogens is 155 g/mol. The van der Waals surface area contributed by atoms with Gasteiger partial charge in [0.1, 0.15) is 6.67 Å². The van der Waals surface area contributed by atoms with Gasteiger partial charge in [0.25, 0.3) is 0 Å². The van der Waals surface area contributed by atoms with Crippen molar-refractivity contribution in [3.8, 4) is 0 Å². The highest BCUT2D eigenvalue weighted by Crippen LogP contribution is 2.00. The third-order valence-electron chi connectivity index (χ3n) is 1.67. The molecule has 2 nitrogen and oxygen atoms in total. The molecule has 0 unspecified atom stereocenters. The normalized spacial score (nSPS) is 10.6. The van der Waals surface area contributed by atoms with Crippen molar-refractivity contribution in [2.24, 2.45) is 0 Å². The predicted molar refractivity (Wildman–Crippen MR) is 46.5 cm³/mol. The first-order valence-corrected chi connectivity index (χ1v) is 3.96. The Balaban J connectivity index is 2.41. The van der Waals surface area contributed by atoms with Gasteiger partial charge in [0, 0.05) is 25.5 Å². The topological polar surface area (TPSA) is 16.1 Å². The second-order valence-electron chi connectivity index (χ2n) is 2.78. The Morgan fingerprint density at radius 1 is 1.42 bits per heavy atom. The summed E-state index contributed by atoms with van der Waals surface area (Å²) >= 11 is 0. The minimum atomic E-state index is -0.290. The van der Waals surface area contributed by atoms with Gasteiger partial charge in [-0.05, 0) is 24.7 Å². The van der Waals surface area contributed by atoms with Crippen molar-refractivity contribution in [2.45, 2.75) is 6.54 Å². The fourth-order valence-electron chi connectivity index (χ4n) is 1.02. The van der Waals surface area contributed by atoms with Gasteiger partial charge in [-0.2, -0.15) is 0 Å². The Labute approximate surface area is 72.0 Å². The van der Waals surface area contributed by atoms with Crippen LogP contribution in [-0.4, -0.2) is 30.2 Å². The van der Waals surface area contributed by atoms with Crippen LogP contribution >= 0.6 is 0 Å². The van der Waals surface area contributed by atoms with E-state index in [0.717, 1.165) is 6.54 Å². The second kappa shape index (κ2) is 4.83. The molecule has 0 saturated carbocycles. The molecule has 1 aromatic heterocycles. The monoisotopic (exact) mass is 168 g/mol. The lowest BCUT2D eigenvalue weighted by Crippen LogP contribution is -2.20. The van der Waals surface area contributed by atoms with Crippen LogP contribution in [0.3, 0.4) is 0 Å². The van der Waals surface area contributed by atoms with Crippen molar-refractivity contribution in [3.05, 3.63) is 30.1 Å². The quantitative estimate of drug-likeness (QED) is 0.677. The zero-order chi connectivity index (χ0) is 8.81. The Bertz CT molecular complexity index is 213. The number of rotatable bonds is 4. The number of alkyl halides is 1. The fourth-order valence-corrected chi connectivity index (χ4v) is 1.02. The van der Waals surface area contributed by atoms with E-state index in [4.69, 9.17) is 0 Å². The Morgan fingerprint density at radius 3 is 2.67 bits per heavy atom.